The van der Waals surface area contributed by atoms with Crippen LogP contribution in [0.4, 0.5) is 0 Å². The van der Waals surface area contributed by atoms with Crippen LogP contribution in [0.2, 0.25) is 0 Å². The van der Waals surface area contributed by atoms with Crippen LogP contribution in [0.5, 0.6) is 0 Å². The van der Waals surface area contributed by atoms with Crippen molar-refractivity contribution in [2.45, 2.75) is 141 Å². The minimum Gasteiger partial charge on any atom is -0.436 e. The number of hydrogen-bond donors (Lipinski definition) is 3. The zero-order valence-electron chi connectivity index (χ0n) is 20.1. The van der Waals surface area contributed by atoms with E-state index in [0.29, 0.717) is 6.42 Å². The molecule has 0 rings (SSSR count). The highest BCUT2D eigenvalue weighted by Crippen LogP contribution is 2.13. The van der Waals surface area contributed by atoms with Gasteiger partial charge < -0.3 is 20.1 Å². The molecule has 0 radical (unpaired) electrons. The molecule has 0 aliphatic heterocycles. The molecule has 0 aliphatic carbocycles. The maximum atomic E-state index is 11.6. The van der Waals surface area contributed by atoms with Gasteiger partial charge >= 0.3 is 5.97 Å². The Morgan fingerprint density at radius 1 is 0.742 bits per heavy atom. The fraction of sp³-hybridized carbons (Fsp3) is 0.885. The van der Waals surface area contributed by atoms with Crippen molar-refractivity contribution < 1.29 is 24.9 Å². The van der Waals surface area contributed by atoms with Crippen LogP contribution in [-0.2, 0) is 9.53 Å². The van der Waals surface area contributed by atoms with Crippen LogP contribution in [0.25, 0.3) is 0 Å². The fourth-order valence-corrected chi connectivity index (χ4v) is 3.61. The molecule has 0 spiro atoms. The highest BCUT2D eigenvalue weighted by Gasteiger charge is 2.15. The quantitative estimate of drug-likeness (QED) is 0.0760. The van der Waals surface area contributed by atoms with Crippen molar-refractivity contribution in [3.8, 4) is 0 Å². The first-order valence-electron chi connectivity index (χ1n) is 12.9. The highest BCUT2D eigenvalue weighted by atomic mass is 16.6. The Balaban J connectivity index is 3.27. The molecule has 3 N–H and O–H groups in total. The molecule has 0 saturated heterocycles. The molecule has 0 aromatic heterocycles. The number of unbranched alkanes of at least 4 members (excludes halogenated alkanes) is 15. The summed E-state index contributed by atoms with van der Waals surface area (Å²) in [6.45, 7) is 1.81. The second kappa shape index (κ2) is 23.7. The predicted molar refractivity (Wildman–Crippen MR) is 128 cm³/mol. The molecule has 31 heavy (non-hydrogen) atoms. The van der Waals surface area contributed by atoms with E-state index in [9.17, 15) is 15.0 Å². The number of esters is 1. The van der Waals surface area contributed by atoms with Crippen molar-refractivity contribution in [1.29, 1.82) is 0 Å². The number of rotatable bonds is 23. The number of allylic oxidation sites excluding steroid dienone is 2. The Bertz CT molecular complexity index is 411. The summed E-state index contributed by atoms with van der Waals surface area (Å²) in [4.78, 5) is 11.6. The molecule has 0 fully saturated rings. The van der Waals surface area contributed by atoms with Gasteiger partial charge in [-0.05, 0) is 32.1 Å². The third-order valence-electron chi connectivity index (χ3n) is 5.59. The van der Waals surface area contributed by atoms with Crippen LogP contribution in [0, 0.1) is 0 Å². The summed E-state index contributed by atoms with van der Waals surface area (Å²) in [5, 5.41) is 27.3. The van der Waals surface area contributed by atoms with Gasteiger partial charge in [-0.15, -0.1) is 0 Å². The second-order valence-electron chi connectivity index (χ2n) is 8.77. The van der Waals surface area contributed by atoms with Gasteiger partial charge in [0.15, 0.2) is 0 Å². The summed E-state index contributed by atoms with van der Waals surface area (Å²) < 4.78 is 4.80. The number of aliphatic hydroxyl groups excluding tert-OH is 3. The molecule has 5 nitrogen and oxygen atoms in total. The lowest BCUT2D eigenvalue weighted by Crippen LogP contribution is -2.25. The number of carbonyl (C=O) groups excluding carboxylic acids is 1. The maximum absolute atomic E-state index is 11.6. The number of hydrogen-bond acceptors (Lipinski definition) is 5. The van der Waals surface area contributed by atoms with Gasteiger partial charge in [-0.2, -0.15) is 0 Å². The van der Waals surface area contributed by atoms with Gasteiger partial charge in [0.1, 0.15) is 0 Å². The van der Waals surface area contributed by atoms with Crippen LogP contribution in [0.1, 0.15) is 129 Å². The molecule has 0 aliphatic rings. The van der Waals surface area contributed by atoms with Crippen molar-refractivity contribution in [2.24, 2.45) is 0 Å². The van der Waals surface area contributed by atoms with Gasteiger partial charge in [0.25, 0.3) is 0 Å². The lowest BCUT2D eigenvalue weighted by atomic mass is 10.1. The van der Waals surface area contributed by atoms with Crippen molar-refractivity contribution in [3.05, 3.63) is 12.2 Å². The molecule has 0 saturated carbocycles. The Labute approximate surface area is 191 Å². The van der Waals surface area contributed by atoms with Gasteiger partial charge in [-0.1, -0.05) is 96.1 Å². The van der Waals surface area contributed by atoms with Gasteiger partial charge in [-0.25, -0.2) is 0 Å². The van der Waals surface area contributed by atoms with E-state index in [1.165, 1.54) is 89.9 Å². The van der Waals surface area contributed by atoms with Crippen molar-refractivity contribution in [2.75, 3.05) is 6.61 Å². The number of ether oxygens (including phenoxy) is 1. The zero-order chi connectivity index (χ0) is 23.0. The van der Waals surface area contributed by atoms with E-state index in [4.69, 9.17) is 9.84 Å². The monoisotopic (exact) mass is 442 g/mol. The van der Waals surface area contributed by atoms with E-state index in [1.807, 2.05) is 0 Å². The highest BCUT2D eigenvalue weighted by molar-refractivity contribution is 5.69. The van der Waals surface area contributed by atoms with E-state index in [-0.39, 0.29) is 6.42 Å². The number of aliphatic hydroxyl groups is 3. The van der Waals surface area contributed by atoms with E-state index in [2.05, 4.69) is 19.1 Å². The van der Waals surface area contributed by atoms with E-state index in [1.54, 1.807) is 0 Å². The zero-order valence-corrected chi connectivity index (χ0v) is 20.1. The Morgan fingerprint density at radius 3 is 1.68 bits per heavy atom. The van der Waals surface area contributed by atoms with Crippen molar-refractivity contribution >= 4 is 5.97 Å². The Kier molecular flexibility index (Phi) is 23.0. The first kappa shape index (κ1) is 30.1. The molecule has 0 amide bonds. The first-order chi connectivity index (χ1) is 15.1. The summed E-state index contributed by atoms with van der Waals surface area (Å²) in [5.41, 5.74) is 0. The van der Waals surface area contributed by atoms with E-state index < -0.39 is 25.0 Å². The third-order valence-corrected chi connectivity index (χ3v) is 5.59. The average Bonchev–Trinajstić information content (AvgIpc) is 2.75. The predicted octanol–water partition coefficient (Wildman–Crippen LogP) is 6.19. The summed E-state index contributed by atoms with van der Waals surface area (Å²) in [6.07, 6.45) is 23.8. The maximum Gasteiger partial charge on any atom is 0.308 e. The van der Waals surface area contributed by atoms with Crippen molar-refractivity contribution in [3.63, 3.8) is 0 Å². The molecular formula is C26H50O5. The van der Waals surface area contributed by atoms with Gasteiger partial charge in [-0.3, -0.25) is 4.79 Å². The molecule has 0 heterocycles. The molecule has 184 valence electrons. The summed E-state index contributed by atoms with van der Waals surface area (Å²) >= 11 is 0. The van der Waals surface area contributed by atoms with Crippen LogP contribution >= 0.6 is 0 Å². The minimum atomic E-state index is -1.34. The summed E-state index contributed by atoms with van der Waals surface area (Å²) in [6, 6.07) is 0. The third kappa shape index (κ3) is 23.6. The second-order valence-corrected chi connectivity index (χ2v) is 8.77. The smallest absolute Gasteiger partial charge is 0.308 e. The molecule has 0 aromatic rings. The van der Waals surface area contributed by atoms with Crippen LogP contribution in [-0.4, -0.2) is 40.3 Å². The van der Waals surface area contributed by atoms with Crippen LogP contribution < -0.4 is 0 Å². The fourth-order valence-electron chi connectivity index (χ4n) is 3.61. The van der Waals surface area contributed by atoms with Crippen LogP contribution in [0.3, 0.4) is 0 Å². The van der Waals surface area contributed by atoms with Gasteiger partial charge in [0.05, 0.1) is 12.7 Å². The van der Waals surface area contributed by atoms with Crippen LogP contribution in [0.15, 0.2) is 12.2 Å². The lowest BCUT2D eigenvalue weighted by molar-refractivity contribution is -0.172. The van der Waals surface area contributed by atoms with E-state index >= 15 is 0 Å². The lowest BCUT2D eigenvalue weighted by Gasteiger charge is -2.14. The average molecular weight is 443 g/mol. The minimum absolute atomic E-state index is 0.155. The first-order valence-corrected chi connectivity index (χ1v) is 12.9. The summed E-state index contributed by atoms with van der Waals surface area (Å²) in [5.74, 6) is -0.446. The Morgan fingerprint density at radius 2 is 1.19 bits per heavy atom. The standard InChI is InChI=1S/C26H50O5/c1-2-3-4-5-6-7-8-9-10-11-12-13-14-15-16-17-18-19-20-21-25(29)31-26(30)22-24(28)23-27/h9-10,24,26-28,30H,2-8,11-23H2,1H3/b10-9-. The molecule has 2 atom stereocenters. The van der Waals surface area contributed by atoms with Gasteiger partial charge in [0.2, 0.25) is 6.29 Å². The molecular weight excluding hydrogens is 392 g/mol. The SMILES string of the molecule is CCCCCCCC/C=C\CCCCCCCCCCCC(=O)OC(O)CC(O)CO. The largest absolute Gasteiger partial charge is 0.436 e. The molecule has 2 unspecified atom stereocenters. The Hall–Kier alpha value is -0.910. The van der Waals surface area contributed by atoms with Gasteiger partial charge in [0, 0.05) is 12.8 Å². The molecule has 5 heteroatoms. The van der Waals surface area contributed by atoms with Crippen molar-refractivity contribution in [1.82, 2.24) is 0 Å². The summed E-state index contributed by atoms with van der Waals surface area (Å²) in [7, 11) is 0. The number of carbonyl (C=O) groups is 1. The normalized spacial score (nSPS) is 13.5. The topological polar surface area (TPSA) is 87.0 Å². The van der Waals surface area contributed by atoms with E-state index in [0.717, 1.165) is 19.3 Å². The molecule has 0 aromatic carbocycles. The molecule has 0 bridgehead atoms.